The lowest BCUT2D eigenvalue weighted by molar-refractivity contribution is 1.11. The predicted molar refractivity (Wildman–Crippen MR) is 160 cm³/mol. The number of rotatable bonds is 3. The standard InChI is InChI=1S/C36H24N2/c1-23-9-5-6-12-27(23)28-19-15-24-17-21-30-31(22-18-25-16-20-29(28)34(24)35(25)30)36-37-32-13-7-8-14-33(32)38(36)26-10-3-2-4-11-26/h2-22H,1H3. The van der Waals surface area contributed by atoms with Crippen LogP contribution < -0.4 is 0 Å². The number of hydrogen-bond donors (Lipinski definition) is 0. The van der Waals surface area contributed by atoms with Crippen LogP contribution in [0.3, 0.4) is 0 Å². The second-order valence-electron chi connectivity index (χ2n) is 10.1. The van der Waals surface area contributed by atoms with Gasteiger partial charge in [-0.15, -0.1) is 0 Å². The third-order valence-electron chi connectivity index (χ3n) is 7.92. The monoisotopic (exact) mass is 484 g/mol. The first-order chi connectivity index (χ1) is 18.8. The van der Waals surface area contributed by atoms with Gasteiger partial charge in [0.25, 0.3) is 0 Å². The van der Waals surface area contributed by atoms with E-state index in [1.807, 2.05) is 0 Å². The number of benzene rings is 7. The van der Waals surface area contributed by atoms with Crippen LogP contribution >= 0.6 is 0 Å². The Morgan fingerprint density at radius 1 is 0.500 bits per heavy atom. The molecule has 0 aliphatic rings. The molecule has 0 aliphatic carbocycles. The predicted octanol–water partition coefficient (Wildman–Crippen LogP) is 9.57. The summed E-state index contributed by atoms with van der Waals surface area (Å²) in [6.45, 7) is 2.19. The summed E-state index contributed by atoms with van der Waals surface area (Å²) in [7, 11) is 0. The molecule has 0 N–H and O–H groups in total. The van der Waals surface area contributed by atoms with Crippen LogP contribution in [0.1, 0.15) is 5.56 Å². The lowest BCUT2D eigenvalue weighted by Gasteiger charge is -2.17. The van der Waals surface area contributed by atoms with Gasteiger partial charge in [-0.25, -0.2) is 4.98 Å². The van der Waals surface area contributed by atoms with E-state index in [4.69, 9.17) is 4.98 Å². The minimum absolute atomic E-state index is 0.967. The van der Waals surface area contributed by atoms with E-state index < -0.39 is 0 Å². The van der Waals surface area contributed by atoms with Crippen molar-refractivity contribution in [2.24, 2.45) is 0 Å². The molecule has 1 aromatic heterocycles. The fourth-order valence-corrected chi connectivity index (χ4v) is 6.15. The van der Waals surface area contributed by atoms with Gasteiger partial charge in [-0.05, 0) is 86.3 Å². The van der Waals surface area contributed by atoms with E-state index in [2.05, 4.69) is 139 Å². The van der Waals surface area contributed by atoms with Gasteiger partial charge in [-0.1, -0.05) is 97.1 Å². The summed E-state index contributed by atoms with van der Waals surface area (Å²) in [4.78, 5) is 5.18. The Kier molecular flexibility index (Phi) is 4.47. The van der Waals surface area contributed by atoms with Gasteiger partial charge >= 0.3 is 0 Å². The summed E-state index contributed by atoms with van der Waals surface area (Å²) in [6.07, 6.45) is 0. The molecule has 1 heterocycles. The van der Waals surface area contributed by atoms with Crippen LogP contribution in [0, 0.1) is 6.92 Å². The lowest BCUT2D eigenvalue weighted by atomic mass is 9.87. The van der Waals surface area contributed by atoms with Crippen molar-refractivity contribution in [2.45, 2.75) is 6.92 Å². The minimum Gasteiger partial charge on any atom is -0.292 e. The van der Waals surface area contributed by atoms with Gasteiger partial charge in [0.05, 0.1) is 11.0 Å². The molecule has 2 nitrogen and oxygen atoms in total. The van der Waals surface area contributed by atoms with Gasteiger partial charge in [-0.3, -0.25) is 4.57 Å². The van der Waals surface area contributed by atoms with Crippen molar-refractivity contribution in [1.29, 1.82) is 0 Å². The summed E-state index contributed by atoms with van der Waals surface area (Å²) >= 11 is 0. The van der Waals surface area contributed by atoms with E-state index >= 15 is 0 Å². The summed E-state index contributed by atoms with van der Waals surface area (Å²) < 4.78 is 2.29. The Hall–Kier alpha value is -4.95. The third kappa shape index (κ3) is 2.98. The van der Waals surface area contributed by atoms with Crippen LogP contribution in [0.15, 0.2) is 127 Å². The maximum atomic E-state index is 5.18. The van der Waals surface area contributed by atoms with E-state index in [0.717, 1.165) is 28.1 Å². The lowest BCUT2D eigenvalue weighted by Crippen LogP contribution is -1.98. The zero-order chi connectivity index (χ0) is 25.2. The van der Waals surface area contributed by atoms with Gasteiger partial charge in [-0.2, -0.15) is 0 Å². The summed E-state index contributed by atoms with van der Waals surface area (Å²) in [5, 5.41) is 7.68. The average Bonchev–Trinajstić information content (AvgIpc) is 3.36. The number of imidazole rings is 1. The Morgan fingerprint density at radius 2 is 1.11 bits per heavy atom. The summed E-state index contributed by atoms with van der Waals surface area (Å²) in [6, 6.07) is 45.8. The fourth-order valence-electron chi connectivity index (χ4n) is 6.15. The van der Waals surface area contributed by atoms with E-state index in [-0.39, 0.29) is 0 Å². The van der Waals surface area contributed by atoms with Crippen molar-refractivity contribution in [2.75, 3.05) is 0 Å². The Balaban J connectivity index is 1.48. The second kappa shape index (κ2) is 8.03. The Labute approximate surface area is 220 Å². The quantitative estimate of drug-likeness (QED) is 0.228. The number of aryl methyl sites for hydroxylation is 1. The highest BCUT2D eigenvalue weighted by molar-refractivity contribution is 6.27. The van der Waals surface area contributed by atoms with Crippen molar-refractivity contribution < 1.29 is 0 Å². The molecule has 0 spiro atoms. The molecule has 0 saturated heterocycles. The average molecular weight is 485 g/mol. The normalized spacial score (nSPS) is 11.8. The molecule has 0 atom stereocenters. The topological polar surface area (TPSA) is 17.8 Å². The Morgan fingerprint density at radius 3 is 1.87 bits per heavy atom. The molecule has 8 rings (SSSR count). The van der Waals surface area contributed by atoms with Gasteiger partial charge in [0.15, 0.2) is 0 Å². The van der Waals surface area contributed by atoms with Crippen LogP contribution in [0.25, 0.3) is 71.6 Å². The number of para-hydroxylation sites is 3. The molecule has 8 aromatic rings. The van der Waals surface area contributed by atoms with Gasteiger partial charge < -0.3 is 0 Å². The highest BCUT2D eigenvalue weighted by Gasteiger charge is 2.19. The molecule has 7 aromatic carbocycles. The Bertz CT molecular complexity index is 2130. The van der Waals surface area contributed by atoms with Crippen LogP contribution in [-0.4, -0.2) is 9.55 Å². The molecule has 2 heteroatoms. The van der Waals surface area contributed by atoms with Crippen molar-refractivity contribution in [3.8, 4) is 28.2 Å². The van der Waals surface area contributed by atoms with E-state index in [0.29, 0.717) is 0 Å². The van der Waals surface area contributed by atoms with E-state index in [9.17, 15) is 0 Å². The first-order valence-corrected chi connectivity index (χ1v) is 13.1. The van der Waals surface area contributed by atoms with Gasteiger partial charge in [0.1, 0.15) is 5.82 Å². The molecule has 0 aliphatic heterocycles. The minimum atomic E-state index is 0.967. The van der Waals surface area contributed by atoms with Gasteiger partial charge in [0, 0.05) is 11.3 Å². The molecular formula is C36H24N2. The molecule has 0 bridgehead atoms. The number of nitrogens with zero attached hydrogens (tertiary/aromatic N) is 2. The van der Waals surface area contributed by atoms with Crippen molar-refractivity contribution in [3.05, 3.63) is 133 Å². The van der Waals surface area contributed by atoms with E-state index in [1.165, 1.54) is 49.0 Å². The zero-order valence-electron chi connectivity index (χ0n) is 21.0. The van der Waals surface area contributed by atoms with Crippen molar-refractivity contribution >= 4 is 43.4 Å². The smallest absolute Gasteiger partial charge is 0.146 e. The number of hydrogen-bond acceptors (Lipinski definition) is 1. The number of aromatic nitrogens is 2. The van der Waals surface area contributed by atoms with Crippen molar-refractivity contribution in [3.63, 3.8) is 0 Å². The SMILES string of the molecule is Cc1ccccc1-c1ccc2ccc3c(-c4nc5ccccc5n4-c4ccccc4)ccc4ccc1c2c43. The first-order valence-electron chi connectivity index (χ1n) is 13.1. The van der Waals surface area contributed by atoms with Crippen LogP contribution in [0.5, 0.6) is 0 Å². The third-order valence-corrected chi connectivity index (χ3v) is 7.92. The molecule has 0 radical (unpaired) electrons. The molecular weight excluding hydrogens is 460 g/mol. The molecule has 38 heavy (non-hydrogen) atoms. The van der Waals surface area contributed by atoms with E-state index in [1.54, 1.807) is 0 Å². The van der Waals surface area contributed by atoms with Crippen LogP contribution in [-0.2, 0) is 0 Å². The molecule has 0 saturated carbocycles. The molecule has 0 fully saturated rings. The fraction of sp³-hybridized carbons (Fsp3) is 0.0278. The highest BCUT2D eigenvalue weighted by atomic mass is 15.1. The van der Waals surface area contributed by atoms with Crippen molar-refractivity contribution in [1.82, 2.24) is 9.55 Å². The van der Waals surface area contributed by atoms with Crippen LogP contribution in [0.2, 0.25) is 0 Å². The second-order valence-corrected chi connectivity index (χ2v) is 10.1. The highest BCUT2D eigenvalue weighted by Crippen LogP contribution is 2.43. The summed E-state index contributed by atoms with van der Waals surface area (Å²) in [5.41, 5.74) is 8.24. The van der Waals surface area contributed by atoms with Crippen LogP contribution in [0.4, 0.5) is 0 Å². The zero-order valence-corrected chi connectivity index (χ0v) is 21.0. The largest absolute Gasteiger partial charge is 0.292 e. The summed E-state index contributed by atoms with van der Waals surface area (Å²) in [5.74, 6) is 0.967. The maximum Gasteiger partial charge on any atom is 0.146 e. The first kappa shape index (κ1) is 21.2. The molecule has 0 amide bonds. The molecule has 178 valence electrons. The number of fused-ring (bicyclic) bond motifs is 1. The van der Waals surface area contributed by atoms with Gasteiger partial charge in [0.2, 0.25) is 0 Å². The maximum absolute atomic E-state index is 5.18. The molecule has 0 unspecified atom stereocenters.